The van der Waals surface area contributed by atoms with Crippen LogP contribution in [0.25, 0.3) is 0 Å². The van der Waals surface area contributed by atoms with Gasteiger partial charge in [-0.3, -0.25) is 0 Å². The number of hydrogen-bond donors (Lipinski definition) is 1. The summed E-state index contributed by atoms with van der Waals surface area (Å²) in [6.07, 6.45) is 3.90. The van der Waals surface area contributed by atoms with Crippen molar-refractivity contribution in [2.45, 2.75) is 83.2 Å². The van der Waals surface area contributed by atoms with Crippen LogP contribution < -0.4 is 5.32 Å². The lowest BCUT2D eigenvalue weighted by molar-refractivity contribution is 0.123. The van der Waals surface area contributed by atoms with E-state index in [1.54, 1.807) is 0 Å². The van der Waals surface area contributed by atoms with Crippen molar-refractivity contribution in [3.05, 3.63) is 29.8 Å². The highest BCUT2D eigenvalue weighted by atomic mass is 28.4. The van der Waals surface area contributed by atoms with Crippen LogP contribution >= 0.6 is 0 Å². The Morgan fingerprint density at radius 2 is 1.71 bits per heavy atom. The van der Waals surface area contributed by atoms with Gasteiger partial charge in [-0.2, -0.15) is 5.26 Å². The monoisotopic (exact) mass is 344 g/mol. The Labute approximate surface area is 148 Å². The summed E-state index contributed by atoms with van der Waals surface area (Å²) in [7, 11) is -1.73. The van der Waals surface area contributed by atoms with E-state index in [2.05, 4.69) is 76.4 Å². The lowest BCUT2D eigenvalue weighted by Crippen LogP contribution is -2.48. The molecule has 1 fully saturated rings. The molecule has 1 aromatic rings. The van der Waals surface area contributed by atoms with E-state index < -0.39 is 13.9 Å². The molecule has 24 heavy (non-hydrogen) atoms. The van der Waals surface area contributed by atoms with Crippen molar-refractivity contribution in [1.82, 2.24) is 0 Å². The van der Waals surface area contributed by atoms with Gasteiger partial charge in [-0.15, -0.1) is 0 Å². The summed E-state index contributed by atoms with van der Waals surface area (Å²) in [5.74, 6) is 0. The molecule has 1 aliphatic rings. The third-order valence-corrected chi connectivity index (χ3v) is 10.2. The molecule has 0 aromatic heterocycles. The number of nitrogens with one attached hydrogen (secondary N) is 1. The van der Waals surface area contributed by atoms with Gasteiger partial charge < -0.3 is 9.74 Å². The quantitative estimate of drug-likeness (QED) is 0.720. The SMILES string of the molecule is Cc1ccc(NC2(C#N)CCC(O[Si](C)(C)C(C)(C)C)CC2)cc1. The number of benzene rings is 1. The first-order valence-corrected chi connectivity index (χ1v) is 11.9. The third-order valence-electron chi connectivity index (χ3n) is 5.70. The van der Waals surface area contributed by atoms with Gasteiger partial charge in [-0.05, 0) is 62.9 Å². The molecule has 0 spiro atoms. The van der Waals surface area contributed by atoms with Crippen molar-refractivity contribution in [1.29, 1.82) is 5.26 Å². The Bertz CT molecular complexity index is 588. The van der Waals surface area contributed by atoms with Crippen molar-refractivity contribution in [3.63, 3.8) is 0 Å². The molecule has 4 heteroatoms. The van der Waals surface area contributed by atoms with Crippen molar-refractivity contribution >= 4 is 14.0 Å². The summed E-state index contributed by atoms with van der Waals surface area (Å²) in [5.41, 5.74) is 1.81. The van der Waals surface area contributed by atoms with Crippen molar-refractivity contribution in [2.75, 3.05) is 5.32 Å². The number of aryl methyl sites for hydroxylation is 1. The van der Waals surface area contributed by atoms with Gasteiger partial charge in [0.15, 0.2) is 8.32 Å². The fourth-order valence-electron chi connectivity index (χ4n) is 2.97. The third kappa shape index (κ3) is 4.40. The highest BCUT2D eigenvalue weighted by molar-refractivity contribution is 6.74. The molecule has 0 unspecified atom stereocenters. The average molecular weight is 345 g/mol. The first-order valence-electron chi connectivity index (χ1n) is 9.01. The van der Waals surface area contributed by atoms with Crippen LogP contribution in [0.15, 0.2) is 24.3 Å². The Morgan fingerprint density at radius 3 is 2.17 bits per heavy atom. The number of anilines is 1. The second-order valence-corrected chi connectivity index (χ2v) is 13.5. The molecule has 132 valence electrons. The minimum atomic E-state index is -1.73. The van der Waals surface area contributed by atoms with E-state index in [1.165, 1.54) is 5.56 Å². The molecular weight excluding hydrogens is 312 g/mol. The van der Waals surface area contributed by atoms with Crippen molar-refractivity contribution in [2.24, 2.45) is 0 Å². The van der Waals surface area contributed by atoms with Gasteiger partial charge in [0.05, 0.1) is 6.07 Å². The number of nitriles is 1. The second kappa shape index (κ2) is 6.90. The molecule has 0 radical (unpaired) electrons. The topological polar surface area (TPSA) is 45.0 Å². The van der Waals surface area contributed by atoms with Crippen molar-refractivity contribution < 1.29 is 4.43 Å². The van der Waals surface area contributed by atoms with Crippen LogP contribution in [-0.2, 0) is 4.43 Å². The van der Waals surface area contributed by atoms with Crippen LogP contribution in [0.5, 0.6) is 0 Å². The predicted molar refractivity (Wildman–Crippen MR) is 104 cm³/mol. The summed E-state index contributed by atoms with van der Waals surface area (Å²) in [4.78, 5) is 0. The van der Waals surface area contributed by atoms with E-state index in [0.717, 1.165) is 31.4 Å². The largest absolute Gasteiger partial charge is 0.414 e. The first-order chi connectivity index (χ1) is 11.1. The summed E-state index contributed by atoms with van der Waals surface area (Å²) < 4.78 is 6.55. The van der Waals surface area contributed by atoms with E-state index >= 15 is 0 Å². The normalized spacial score (nSPS) is 25.1. The van der Waals surface area contributed by atoms with Gasteiger partial charge in [-0.25, -0.2) is 0 Å². The summed E-state index contributed by atoms with van der Waals surface area (Å²) in [6.45, 7) is 13.5. The van der Waals surface area contributed by atoms with E-state index in [4.69, 9.17) is 4.43 Å². The molecule has 0 aliphatic heterocycles. The molecule has 1 N–H and O–H groups in total. The maximum atomic E-state index is 9.76. The van der Waals surface area contributed by atoms with Gasteiger partial charge in [-0.1, -0.05) is 38.5 Å². The molecular formula is C20H32N2OSi. The predicted octanol–water partition coefficient (Wildman–Crippen LogP) is 5.63. The lowest BCUT2D eigenvalue weighted by atomic mass is 9.81. The number of hydrogen-bond acceptors (Lipinski definition) is 3. The van der Waals surface area contributed by atoms with E-state index in [-0.39, 0.29) is 5.04 Å². The zero-order valence-electron chi connectivity index (χ0n) is 16.1. The molecule has 2 rings (SSSR count). The van der Waals surface area contributed by atoms with Gasteiger partial charge in [0.1, 0.15) is 5.54 Å². The molecule has 0 bridgehead atoms. The van der Waals surface area contributed by atoms with Gasteiger partial charge in [0, 0.05) is 11.8 Å². The fourth-order valence-corrected chi connectivity index (χ4v) is 4.40. The Morgan fingerprint density at radius 1 is 1.17 bits per heavy atom. The molecule has 0 atom stereocenters. The Balaban J connectivity index is 1.99. The molecule has 1 saturated carbocycles. The summed E-state index contributed by atoms with van der Waals surface area (Å²) in [6, 6.07) is 10.8. The summed E-state index contributed by atoms with van der Waals surface area (Å²) in [5, 5.41) is 13.5. The minimum absolute atomic E-state index is 0.233. The Kier molecular flexibility index (Phi) is 5.46. The van der Waals surface area contributed by atoms with Gasteiger partial charge in [0.2, 0.25) is 0 Å². The highest BCUT2D eigenvalue weighted by Crippen LogP contribution is 2.40. The zero-order chi connectivity index (χ0) is 18.0. The lowest BCUT2D eigenvalue weighted by Gasteiger charge is -2.43. The van der Waals surface area contributed by atoms with E-state index in [1.807, 2.05) is 0 Å². The smallest absolute Gasteiger partial charge is 0.192 e. The van der Waals surface area contributed by atoms with Crippen LogP contribution in [-0.4, -0.2) is 20.0 Å². The second-order valence-electron chi connectivity index (χ2n) is 8.76. The fraction of sp³-hybridized carbons (Fsp3) is 0.650. The van der Waals surface area contributed by atoms with Crippen LogP contribution in [0.1, 0.15) is 52.0 Å². The highest BCUT2D eigenvalue weighted by Gasteiger charge is 2.42. The van der Waals surface area contributed by atoms with Crippen LogP contribution in [0.3, 0.4) is 0 Å². The molecule has 3 nitrogen and oxygen atoms in total. The standard InChI is InChI=1S/C20H32N2OSi/c1-16-7-9-17(10-8-16)22-20(15-21)13-11-18(12-14-20)23-24(5,6)19(2,3)4/h7-10,18,22H,11-14H2,1-6H3. The van der Waals surface area contributed by atoms with Crippen LogP contribution in [0.4, 0.5) is 5.69 Å². The van der Waals surface area contributed by atoms with E-state index in [0.29, 0.717) is 6.10 Å². The maximum absolute atomic E-state index is 9.76. The molecule has 0 amide bonds. The average Bonchev–Trinajstić information content (AvgIpc) is 2.50. The molecule has 1 aliphatic carbocycles. The number of nitrogens with zero attached hydrogens (tertiary/aromatic N) is 1. The molecule has 0 saturated heterocycles. The van der Waals surface area contributed by atoms with Crippen LogP contribution in [0.2, 0.25) is 18.1 Å². The van der Waals surface area contributed by atoms with Gasteiger partial charge >= 0.3 is 0 Å². The number of rotatable bonds is 4. The summed E-state index contributed by atoms with van der Waals surface area (Å²) >= 11 is 0. The van der Waals surface area contributed by atoms with Crippen LogP contribution in [0, 0.1) is 18.3 Å². The maximum Gasteiger partial charge on any atom is 0.192 e. The van der Waals surface area contributed by atoms with E-state index in [9.17, 15) is 5.26 Å². The Hall–Kier alpha value is -1.31. The molecule has 0 heterocycles. The molecule has 1 aromatic carbocycles. The zero-order valence-corrected chi connectivity index (χ0v) is 17.1. The first kappa shape index (κ1) is 19.0. The van der Waals surface area contributed by atoms with Crippen molar-refractivity contribution in [3.8, 4) is 6.07 Å². The minimum Gasteiger partial charge on any atom is -0.414 e. The van der Waals surface area contributed by atoms with Gasteiger partial charge in [0.25, 0.3) is 0 Å².